The number of halogens is 1. The minimum absolute atomic E-state index is 0. The zero-order valence-corrected chi connectivity index (χ0v) is 12.2. The van der Waals surface area contributed by atoms with E-state index >= 15 is 0 Å². The first-order chi connectivity index (χ1) is 9.19. The van der Waals surface area contributed by atoms with Gasteiger partial charge in [0.15, 0.2) is 0 Å². The van der Waals surface area contributed by atoms with E-state index in [2.05, 4.69) is 10.6 Å². The Bertz CT molecular complexity index is 498. The highest BCUT2D eigenvalue weighted by Gasteiger charge is 2.16. The van der Waals surface area contributed by atoms with Gasteiger partial charge in [0.05, 0.1) is 18.9 Å². The first-order valence-electron chi connectivity index (χ1n) is 6.50. The van der Waals surface area contributed by atoms with Gasteiger partial charge in [0.25, 0.3) is 5.56 Å². The summed E-state index contributed by atoms with van der Waals surface area (Å²) in [5.74, 6) is -0.0793. The molecule has 0 radical (unpaired) electrons. The van der Waals surface area contributed by atoms with E-state index in [-0.39, 0.29) is 29.9 Å². The van der Waals surface area contributed by atoms with Crippen LogP contribution in [-0.4, -0.2) is 36.3 Å². The number of ether oxygens (including phenoxy) is 1. The van der Waals surface area contributed by atoms with Crippen LogP contribution < -0.4 is 16.2 Å². The van der Waals surface area contributed by atoms with Gasteiger partial charge in [-0.1, -0.05) is 0 Å². The molecule has 1 unspecified atom stereocenters. The molecule has 0 spiro atoms. The van der Waals surface area contributed by atoms with Crippen LogP contribution in [0.2, 0.25) is 0 Å². The number of hydrogen-bond acceptors (Lipinski definition) is 4. The lowest BCUT2D eigenvalue weighted by atomic mass is 10.2. The Morgan fingerprint density at radius 2 is 2.35 bits per heavy atom. The Kier molecular flexibility index (Phi) is 6.70. The maximum Gasteiger partial charge on any atom is 0.250 e. The number of pyridine rings is 1. The van der Waals surface area contributed by atoms with Crippen LogP contribution in [0.4, 0.5) is 5.69 Å². The minimum Gasteiger partial charge on any atom is -0.378 e. The van der Waals surface area contributed by atoms with Crippen LogP contribution in [0, 0.1) is 0 Å². The average Bonchev–Trinajstić information content (AvgIpc) is 2.42. The second kappa shape index (κ2) is 8.04. The number of aromatic nitrogens is 1. The van der Waals surface area contributed by atoms with Gasteiger partial charge in [0, 0.05) is 37.8 Å². The highest BCUT2D eigenvalue weighted by molar-refractivity contribution is 5.90. The van der Waals surface area contributed by atoms with Gasteiger partial charge in [0.1, 0.15) is 0 Å². The Hall–Kier alpha value is -1.37. The molecule has 2 heterocycles. The molecule has 7 heteroatoms. The smallest absolute Gasteiger partial charge is 0.250 e. The van der Waals surface area contributed by atoms with Gasteiger partial charge >= 0.3 is 0 Å². The molecule has 112 valence electrons. The number of aryl methyl sites for hydroxylation is 1. The molecule has 2 rings (SSSR count). The lowest BCUT2D eigenvalue weighted by Crippen LogP contribution is -2.43. The van der Waals surface area contributed by atoms with Gasteiger partial charge < -0.3 is 19.9 Å². The molecule has 0 aromatic carbocycles. The molecule has 6 nitrogen and oxygen atoms in total. The third-order valence-electron chi connectivity index (χ3n) is 3.04. The molecular weight excluding hydrogens is 282 g/mol. The number of anilines is 1. The predicted octanol–water partition coefficient (Wildman–Crippen LogP) is 0.607. The normalized spacial score (nSPS) is 18.1. The Balaban J connectivity index is 0.00000200. The van der Waals surface area contributed by atoms with E-state index in [1.54, 1.807) is 16.8 Å². The molecule has 2 N–H and O–H groups in total. The maximum absolute atomic E-state index is 11.9. The fourth-order valence-corrected chi connectivity index (χ4v) is 2.04. The molecule has 1 atom stereocenters. The molecule has 0 bridgehead atoms. The number of morpholine rings is 1. The number of hydrogen-bond donors (Lipinski definition) is 2. The van der Waals surface area contributed by atoms with E-state index in [1.165, 1.54) is 6.07 Å². The van der Waals surface area contributed by atoms with Gasteiger partial charge in [-0.2, -0.15) is 0 Å². The van der Waals surface area contributed by atoms with E-state index in [0.29, 0.717) is 31.9 Å². The van der Waals surface area contributed by atoms with Crippen LogP contribution in [0.5, 0.6) is 0 Å². The lowest BCUT2D eigenvalue weighted by molar-refractivity contribution is -0.117. The van der Waals surface area contributed by atoms with Crippen molar-refractivity contribution in [1.29, 1.82) is 0 Å². The average molecular weight is 302 g/mol. The van der Waals surface area contributed by atoms with Crippen LogP contribution in [0.15, 0.2) is 23.1 Å². The summed E-state index contributed by atoms with van der Waals surface area (Å²) in [6.45, 7) is 4.50. The molecule has 1 saturated heterocycles. The second-order valence-corrected chi connectivity index (χ2v) is 4.52. The summed E-state index contributed by atoms with van der Waals surface area (Å²) in [5, 5.41) is 6.02. The SMILES string of the molecule is CCn1cc(NC(=O)CC2COCCN2)ccc1=O.Cl. The molecule has 1 aromatic rings. The van der Waals surface area contributed by atoms with Crippen LogP contribution in [0.25, 0.3) is 0 Å². The zero-order valence-electron chi connectivity index (χ0n) is 11.4. The van der Waals surface area contributed by atoms with Crippen LogP contribution in [0.3, 0.4) is 0 Å². The summed E-state index contributed by atoms with van der Waals surface area (Å²) in [5.41, 5.74) is 0.575. The highest BCUT2D eigenvalue weighted by Crippen LogP contribution is 2.06. The van der Waals surface area contributed by atoms with Crippen molar-refractivity contribution in [2.24, 2.45) is 0 Å². The van der Waals surface area contributed by atoms with Gasteiger partial charge in [-0.15, -0.1) is 12.4 Å². The summed E-state index contributed by atoms with van der Waals surface area (Å²) < 4.78 is 6.85. The first kappa shape index (κ1) is 16.7. The zero-order chi connectivity index (χ0) is 13.7. The van der Waals surface area contributed by atoms with Crippen molar-refractivity contribution in [3.8, 4) is 0 Å². The van der Waals surface area contributed by atoms with E-state index in [1.807, 2.05) is 6.92 Å². The van der Waals surface area contributed by atoms with Crippen molar-refractivity contribution < 1.29 is 9.53 Å². The Morgan fingerprint density at radius 1 is 1.55 bits per heavy atom. The van der Waals surface area contributed by atoms with Crippen molar-refractivity contribution in [1.82, 2.24) is 9.88 Å². The molecule has 0 aliphatic carbocycles. The maximum atomic E-state index is 11.9. The summed E-state index contributed by atoms with van der Waals surface area (Å²) in [6, 6.07) is 3.14. The molecular formula is C13H20ClN3O3. The Labute approximate surface area is 123 Å². The minimum atomic E-state index is -0.0793. The largest absolute Gasteiger partial charge is 0.378 e. The molecule has 0 saturated carbocycles. The predicted molar refractivity (Wildman–Crippen MR) is 79.5 cm³/mol. The summed E-state index contributed by atoms with van der Waals surface area (Å²) in [4.78, 5) is 23.3. The lowest BCUT2D eigenvalue weighted by Gasteiger charge is -2.23. The van der Waals surface area contributed by atoms with E-state index in [9.17, 15) is 9.59 Å². The monoisotopic (exact) mass is 301 g/mol. The van der Waals surface area contributed by atoms with Crippen molar-refractivity contribution in [2.45, 2.75) is 25.9 Å². The number of nitrogens with one attached hydrogen (secondary N) is 2. The topological polar surface area (TPSA) is 72.4 Å². The fourth-order valence-electron chi connectivity index (χ4n) is 2.04. The third-order valence-corrected chi connectivity index (χ3v) is 3.04. The van der Waals surface area contributed by atoms with Crippen LogP contribution in [0.1, 0.15) is 13.3 Å². The van der Waals surface area contributed by atoms with Gasteiger partial charge in [-0.25, -0.2) is 0 Å². The van der Waals surface area contributed by atoms with Crippen molar-refractivity contribution in [2.75, 3.05) is 25.1 Å². The van der Waals surface area contributed by atoms with Crippen molar-refractivity contribution >= 4 is 24.0 Å². The molecule has 1 aliphatic heterocycles. The van der Waals surface area contributed by atoms with Gasteiger partial charge in [-0.3, -0.25) is 9.59 Å². The van der Waals surface area contributed by atoms with Crippen molar-refractivity contribution in [3.05, 3.63) is 28.7 Å². The standard InChI is InChI=1S/C13H19N3O3.ClH/c1-2-16-8-10(3-4-13(16)18)15-12(17)7-11-9-19-6-5-14-11;/h3-4,8,11,14H,2,5-7,9H2,1H3,(H,15,17);1H. The number of nitrogens with zero attached hydrogens (tertiary/aromatic N) is 1. The molecule has 20 heavy (non-hydrogen) atoms. The fraction of sp³-hybridized carbons (Fsp3) is 0.538. The number of carbonyl (C=O) groups excluding carboxylic acids is 1. The number of carbonyl (C=O) groups is 1. The van der Waals surface area contributed by atoms with Crippen molar-refractivity contribution in [3.63, 3.8) is 0 Å². The van der Waals surface area contributed by atoms with E-state index in [0.717, 1.165) is 6.54 Å². The Morgan fingerprint density at radius 3 is 3.00 bits per heavy atom. The number of rotatable bonds is 4. The van der Waals surface area contributed by atoms with E-state index < -0.39 is 0 Å². The first-order valence-corrected chi connectivity index (χ1v) is 6.50. The molecule has 1 aliphatic rings. The summed E-state index contributed by atoms with van der Waals surface area (Å²) in [6.07, 6.45) is 2.02. The quantitative estimate of drug-likeness (QED) is 0.854. The summed E-state index contributed by atoms with van der Waals surface area (Å²) >= 11 is 0. The third kappa shape index (κ3) is 4.63. The van der Waals surface area contributed by atoms with Gasteiger partial charge in [-0.05, 0) is 13.0 Å². The van der Waals surface area contributed by atoms with Gasteiger partial charge in [0.2, 0.25) is 5.91 Å². The molecule has 1 aromatic heterocycles. The highest BCUT2D eigenvalue weighted by atomic mass is 35.5. The second-order valence-electron chi connectivity index (χ2n) is 4.52. The number of amides is 1. The van der Waals surface area contributed by atoms with E-state index in [4.69, 9.17) is 4.74 Å². The molecule has 1 fully saturated rings. The van der Waals surface area contributed by atoms with Crippen LogP contribution >= 0.6 is 12.4 Å². The molecule has 1 amide bonds. The summed E-state index contributed by atoms with van der Waals surface area (Å²) in [7, 11) is 0. The van der Waals surface area contributed by atoms with Crippen LogP contribution in [-0.2, 0) is 16.1 Å².